The van der Waals surface area contributed by atoms with Crippen LogP contribution in [-0.2, 0) is 9.59 Å². The first-order valence-electron chi connectivity index (χ1n) is 9.66. The molecule has 2 fully saturated rings. The summed E-state index contributed by atoms with van der Waals surface area (Å²) in [7, 11) is 0. The topological polar surface area (TPSA) is 74.6 Å². The van der Waals surface area contributed by atoms with Crippen LogP contribution >= 0.6 is 0 Å². The van der Waals surface area contributed by atoms with E-state index in [2.05, 4.69) is 0 Å². The van der Waals surface area contributed by atoms with E-state index >= 15 is 4.39 Å². The van der Waals surface area contributed by atoms with Crippen molar-refractivity contribution >= 4 is 11.6 Å². The maximum Gasteiger partial charge on any atom is 0.178 e. The number of aliphatic hydroxyl groups is 2. The lowest BCUT2D eigenvalue weighted by Gasteiger charge is -2.61. The van der Waals surface area contributed by atoms with Crippen LogP contribution in [0.3, 0.4) is 0 Å². The van der Waals surface area contributed by atoms with Crippen LogP contribution in [0.4, 0.5) is 4.39 Å². The summed E-state index contributed by atoms with van der Waals surface area (Å²) in [5.74, 6) is -1.41. The number of ketones is 2. The van der Waals surface area contributed by atoms with Gasteiger partial charge in [0.25, 0.3) is 0 Å². The monoisotopic (exact) mass is 374 g/mol. The Hall–Kier alpha value is -1.59. The van der Waals surface area contributed by atoms with E-state index in [4.69, 9.17) is 0 Å². The van der Waals surface area contributed by atoms with E-state index in [1.165, 1.54) is 19.1 Å². The van der Waals surface area contributed by atoms with Crippen molar-refractivity contribution in [2.75, 3.05) is 0 Å². The van der Waals surface area contributed by atoms with Gasteiger partial charge in [-0.1, -0.05) is 24.6 Å². The fourth-order valence-electron chi connectivity index (χ4n) is 6.64. The maximum atomic E-state index is 16.8. The SMILES string of the molecule is CC(=O)[C@@]1(O)CC[C@H]2[C@@H]3C=C(C)C4=CC(=O)C=C[C@]4(C)[C@@]3(F)[C@@H](O)C[C@@]21C. The maximum absolute atomic E-state index is 16.8. The number of hydrogen-bond acceptors (Lipinski definition) is 4. The van der Waals surface area contributed by atoms with Crippen LogP contribution in [-0.4, -0.2) is 39.2 Å². The molecule has 7 atom stereocenters. The van der Waals surface area contributed by atoms with Gasteiger partial charge in [-0.15, -0.1) is 0 Å². The number of hydrogen-bond donors (Lipinski definition) is 2. The van der Waals surface area contributed by atoms with E-state index in [9.17, 15) is 19.8 Å². The Bertz CT molecular complexity index is 841. The lowest BCUT2D eigenvalue weighted by Crippen LogP contribution is -2.68. The Morgan fingerprint density at radius 3 is 2.63 bits per heavy atom. The highest BCUT2D eigenvalue weighted by Crippen LogP contribution is 2.69. The van der Waals surface area contributed by atoms with Crippen LogP contribution in [0.1, 0.15) is 47.0 Å². The van der Waals surface area contributed by atoms with Gasteiger partial charge in [-0.3, -0.25) is 9.59 Å². The van der Waals surface area contributed by atoms with Crippen LogP contribution < -0.4 is 0 Å². The highest BCUT2D eigenvalue weighted by Gasteiger charge is 2.73. The Balaban J connectivity index is 1.92. The third kappa shape index (κ3) is 1.94. The van der Waals surface area contributed by atoms with Crippen molar-refractivity contribution in [1.29, 1.82) is 0 Å². The first-order chi connectivity index (χ1) is 12.4. The molecule has 4 aliphatic rings. The second-order valence-electron chi connectivity index (χ2n) is 9.34. The molecule has 4 aliphatic carbocycles. The van der Waals surface area contributed by atoms with Gasteiger partial charge in [0.2, 0.25) is 0 Å². The van der Waals surface area contributed by atoms with Gasteiger partial charge in [0, 0.05) is 16.7 Å². The molecule has 0 radical (unpaired) electrons. The summed E-state index contributed by atoms with van der Waals surface area (Å²) in [5, 5.41) is 22.2. The predicted octanol–water partition coefficient (Wildman–Crippen LogP) is 2.84. The van der Waals surface area contributed by atoms with Gasteiger partial charge in [-0.25, -0.2) is 4.39 Å². The number of allylic oxidation sites excluding steroid dienone is 6. The molecule has 0 aliphatic heterocycles. The Labute approximate surface area is 158 Å². The fraction of sp³-hybridized carbons (Fsp3) is 0.636. The summed E-state index contributed by atoms with van der Waals surface area (Å²) < 4.78 is 16.8. The summed E-state index contributed by atoms with van der Waals surface area (Å²) >= 11 is 0. The van der Waals surface area contributed by atoms with Crippen LogP contribution in [0, 0.1) is 22.7 Å². The molecule has 0 aromatic rings. The molecule has 146 valence electrons. The van der Waals surface area contributed by atoms with E-state index in [1.807, 2.05) is 19.9 Å². The zero-order chi connectivity index (χ0) is 20.0. The van der Waals surface area contributed by atoms with Crippen LogP contribution in [0.25, 0.3) is 0 Å². The molecular formula is C22H27FO4. The van der Waals surface area contributed by atoms with Crippen LogP contribution in [0.5, 0.6) is 0 Å². The minimum Gasteiger partial charge on any atom is -0.390 e. The third-order valence-electron chi connectivity index (χ3n) is 8.26. The van der Waals surface area contributed by atoms with Crippen molar-refractivity contribution in [2.24, 2.45) is 22.7 Å². The average molecular weight is 374 g/mol. The normalized spacial score (nSPS) is 51.1. The molecule has 5 heteroatoms. The molecule has 0 aromatic carbocycles. The Morgan fingerprint density at radius 2 is 2.00 bits per heavy atom. The van der Waals surface area contributed by atoms with E-state index in [0.717, 1.165) is 5.57 Å². The standard InChI is InChI=1S/C22H27FO4/c1-12-9-17-15-6-8-21(27,13(2)24)20(15,4)11-18(26)22(17,23)19(3)7-5-14(25)10-16(12)19/h5,7,9-10,15,17-18,26-27H,6,8,11H2,1-4H3/t15-,17-,18-,19-,20-,21-,22-/m0/s1. The quantitative estimate of drug-likeness (QED) is 0.740. The van der Waals surface area contributed by atoms with Gasteiger partial charge in [-0.05, 0) is 63.7 Å². The molecule has 27 heavy (non-hydrogen) atoms. The highest BCUT2D eigenvalue weighted by atomic mass is 19.1. The van der Waals surface area contributed by atoms with Gasteiger partial charge in [0.1, 0.15) is 5.60 Å². The second kappa shape index (κ2) is 5.26. The van der Waals surface area contributed by atoms with Crippen LogP contribution in [0.2, 0.25) is 0 Å². The second-order valence-corrected chi connectivity index (χ2v) is 9.34. The predicted molar refractivity (Wildman–Crippen MR) is 98.5 cm³/mol. The van der Waals surface area contributed by atoms with Crippen molar-refractivity contribution in [3.05, 3.63) is 35.5 Å². The van der Waals surface area contributed by atoms with Gasteiger partial charge < -0.3 is 10.2 Å². The van der Waals surface area contributed by atoms with Crippen molar-refractivity contribution in [3.8, 4) is 0 Å². The number of carbonyl (C=O) groups is 2. The highest BCUT2D eigenvalue weighted by molar-refractivity contribution is 6.02. The number of Topliss-reactive ketones (excluding diaryl/α,β-unsaturated/α-hetero) is 1. The number of aliphatic hydroxyl groups excluding tert-OH is 1. The Kier molecular flexibility index (Phi) is 3.66. The molecule has 0 spiro atoms. The van der Waals surface area contributed by atoms with E-state index in [-0.39, 0.29) is 30.3 Å². The van der Waals surface area contributed by atoms with Gasteiger partial charge in [-0.2, -0.15) is 0 Å². The van der Waals surface area contributed by atoms with Crippen molar-refractivity contribution in [3.63, 3.8) is 0 Å². The van der Waals surface area contributed by atoms with Crippen LogP contribution in [0.15, 0.2) is 35.5 Å². The molecule has 0 heterocycles. The van der Waals surface area contributed by atoms with Crippen molar-refractivity contribution in [1.82, 2.24) is 0 Å². The number of alkyl halides is 1. The Morgan fingerprint density at radius 1 is 1.33 bits per heavy atom. The third-order valence-corrected chi connectivity index (χ3v) is 8.26. The summed E-state index contributed by atoms with van der Waals surface area (Å²) in [6.45, 7) is 6.78. The number of halogens is 1. The smallest absolute Gasteiger partial charge is 0.178 e. The number of fused-ring (bicyclic) bond motifs is 5. The first kappa shape index (κ1) is 18.8. The molecule has 0 bridgehead atoms. The zero-order valence-corrected chi connectivity index (χ0v) is 16.3. The van der Waals surface area contributed by atoms with E-state index in [1.54, 1.807) is 13.0 Å². The molecule has 4 nitrogen and oxygen atoms in total. The average Bonchev–Trinajstić information content (AvgIpc) is 2.85. The zero-order valence-electron chi connectivity index (χ0n) is 16.3. The molecule has 2 N–H and O–H groups in total. The molecule has 0 amide bonds. The minimum absolute atomic E-state index is 0.0122. The number of rotatable bonds is 1. The van der Waals surface area contributed by atoms with E-state index in [0.29, 0.717) is 12.0 Å². The minimum atomic E-state index is -2.00. The van der Waals surface area contributed by atoms with E-state index < -0.39 is 34.1 Å². The summed E-state index contributed by atoms with van der Waals surface area (Å²) in [5.41, 5.74) is -4.12. The molecule has 0 aromatic heterocycles. The first-order valence-corrected chi connectivity index (χ1v) is 9.66. The molecule has 0 unspecified atom stereocenters. The molecule has 2 saturated carbocycles. The van der Waals surface area contributed by atoms with Crippen molar-refractivity contribution < 1.29 is 24.2 Å². The van der Waals surface area contributed by atoms with Gasteiger partial charge in [0.05, 0.1) is 6.10 Å². The van der Waals surface area contributed by atoms with Crippen molar-refractivity contribution in [2.45, 2.75) is 64.3 Å². The summed E-state index contributed by atoms with van der Waals surface area (Å²) in [6.07, 6.45) is 5.71. The summed E-state index contributed by atoms with van der Waals surface area (Å²) in [4.78, 5) is 24.2. The lowest BCUT2D eigenvalue weighted by atomic mass is 9.45. The fourth-order valence-corrected chi connectivity index (χ4v) is 6.64. The molecule has 0 saturated heterocycles. The van der Waals surface area contributed by atoms with Gasteiger partial charge in [0.15, 0.2) is 17.2 Å². The molecule has 4 rings (SSSR count). The number of carbonyl (C=O) groups excluding carboxylic acids is 2. The van der Waals surface area contributed by atoms with Gasteiger partial charge >= 0.3 is 0 Å². The lowest BCUT2D eigenvalue weighted by molar-refractivity contribution is -0.200. The largest absolute Gasteiger partial charge is 0.390 e. The summed E-state index contributed by atoms with van der Waals surface area (Å²) in [6, 6.07) is 0. The molecular weight excluding hydrogens is 347 g/mol.